The fraction of sp³-hybridized carbons (Fsp3) is 0.500. The van der Waals surface area contributed by atoms with E-state index in [0.29, 0.717) is 18.9 Å². The van der Waals surface area contributed by atoms with Crippen molar-refractivity contribution in [2.24, 2.45) is 5.92 Å². The number of likely N-dealkylation sites (tertiary alicyclic amines) is 1. The first-order valence-electron chi connectivity index (χ1n) is 6.27. The van der Waals surface area contributed by atoms with Gasteiger partial charge in [0, 0.05) is 6.54 Å². The minimum Gasteiger partial charge on any atom is -0.480 e. The molecule has 0 aliphatic carbocycles. The lowest BCUT2D eigenvalue weighted by Crippen LogP contribution is -2.46. The molecule has 3 nitrogen and oxygen atoms in total. The van der Waals surface area contributed by atoms with E-state index < -0.39 is 12.0 Å². The van der Waals surface area contributed by atoms with Crippen molar-refractivity contribution in [3.05, 3.63) is 35.6 Å². The van der Waals surface area contributed by atoms with Crippen LogP contribution in [0.1, 0.15) is 25.3 Å². The number of benzene rings is 1. The number of carboxylic acids is 1. The number of piperidine rings is 1. The van der Waals surface area contributed by atoms with E-state index in [1.54, 1.807) is 6.07 Å². The van der Waals surface area contributed by atoms with Gasteiger partial charge in [-0.25, -0.2) is 4.39 Å². The molecule has 1 N–H and O–H groups in total. The van der Waals surface area contributed by atoms with E-state index in [1.807, 2.05) is 11.0 Å². The van der Waals surface area contributed by atoms with Crippen LogP contribution in [0.15, 0.2) is 24.3 Å². The molecule has 98 valence electrons. The standard InChI is InChI=1S/C14H18FNO2/c1-10-5-6-16(13(7-10)14(17)18)9-11-3-2-4-12(15)8-11/h2-4,8,10,13H,5-7,9H2,1H3,(H,17,18). The second-order valence-electron chi connectivity index (χ2n) is 5.08. The third-order valence-electron chi connectivity index (χ3n) is 3.54. The lowest BCUT2D eigenvalue weighted by atomic mass is 9.92. The van der Waals surface area contributed by atoms with Crippen LogP contribution in [0.2, 0.25) is 0 Å². The van der Waals surface area contributed by atoms with Gasteiger partial charge in [-0.05, 0) is 43.0 Å². The summed E-state index contributed by atoms with van der Waals surface area (Å²) in [5.74, 6) is -0.613. The zero-order valence-electron chi connectivity index (χ0n) is 10.5. The maximum absolute atomic E-state index is 13.1. The molecular weight excluding hydrogens is 233 g/mol. The lowest BCUT2D eigenvalue weighted by Gasteiger charge is -2.35. The first-order chi connectivity index (χ1) is 8.56. The van der Waals surface area contributed by atoms with Crippen LogP contribution in [0.5, 0.6) is 0 Å². The molecule has 0 saturated carbocycles. The first-order valence-corrected chi connectivity index (χ1v) is 6.27. The van der Waals surface area contributed by atoms with Crippen molar-refractivity contribution in [1.29, 1.82) is 0 Å². The molecule has 1 fully saturated rings. The summed E-state index contributed by atoms with van der Waals surface area (Å²) in [7, 11) is 0. The number of halogens is 1. The molecule has 4 heteroatoms. The Morgan fingerprint density at radius 3 is 3.00 bits per heavy atom. The molecule has 0 aromatic heterocycles. The van der Waals surface area contributed by atoms with E-state index in [-0.39, 0.29) is 5.82 Å². The number of nitrogens with zero attached hydrogens (tertiary/aromatic N) is 1. The third-order valence-corrected chi connectivity index (χ3v) is 3.54. The Kier molecular flexibility index (Phi) is 3.97. The van der Waals surface area contributed by atoms with Gasteiger partial charge in [-0.15, -0.1) is 0 Å². The van der Waals surface area contributed by atoms with Crippen molar-refractivity contribution in [3.63, 3.8) is 0 Å². The minimum absolute atomic E-state index is 0.273. The summed E-state index contributed by atoms with van der Waals surface area (Å²) >= 11 is 0. The topological polar surface area (TPSA) is 40.5 Å². The van der Waals surface area contributed by atoms with Gasteiger partial charge >= 0.3 is 5.97 Å². The van der Waals surface area contributed by atoms with Crippen molar-refractivity contribution < 1.29 is 14.3 Å². The molecule has 1 aliphatic rings. The van der Waals surface area contributed by atoms with Gasteiger partial charge in [-0.1, -0.05) is 19.1 Å². The van der Waals surface area contributed by atoms with Gasteiger partial charge < -0.3 is 5.11 Å². The predicted molar refractivity (Wildman–Crippen MR) is 66.6 cm³/mol. The molecule has 2 rings (SSSR count). The van der Waals surface area contributed by atoms with Crippen LogP contribution in [-0.4, -0.2) is 28.6 Å². The molecule has 2 unspecified atom stereocenters. The molecule has 1 aromatic carbocycles. The van der Waals surface area contributed by atoms with Crippen LogP contribution in [0.3, 0.4) is 0 Å². The number of rotatable bonds is 3. The molecule has 1 aliphatic heterocycles. The molecule has 1 heterocycles. The largest absolute Gasteiger partial charge is 0.480 e. The van der Waals surface area contributed by atoms with Crippen molar-refractivity contribution in [2.75, 3.05) is 6.54 Å². The normalized spacial score (nSPS) is 25.0. The van der Waals surface area contributed by atoms with Crippen molar-refractivity contribution in [2.45, 2.75) is 32.4 Å². The first kappa shape index (κ1) is 13.0. The number of aliphatic carboxylic acids is 1. The summed E-state index contributed by atoms with van der Waals surface area (Å²) in [5, 5.41) is 9.24. The highest BCUT2D eigenvalue weighted by Gasteiger charge is 2.31. The predicted octanol–water partition coefficient (Wildman–Crippen LogP) is 2.51. The highest BCUT2D eigenvalue weighted by Crippen LogP contribution is 2.24. The van der Waals surface area contributed by atoms with Crippen LogP contribution in [0.25, 0.3) is 0 Å². The number of hydrogen-bond donors (Lipinski definition) is 1. The summed E-state index contributed by atoms with van der Waals surface area (Å²) in [6.07, 6.45) is 1.67. The summed E-state index contributed by atoms with van der Waals surface area (Å²) in [6.45, 7) is 3.34. The minimum atomic E-state index is -0.780. The smallest absolute Gasteiger partial charge is 0.320 e. The molecule has 0 spiro atoms. The van der Waals surface area contributed by atoms with E-state index in [0.717, 1.165) is 18.5 Å². The van der Waals surface area contributed by atoms with Crippen LogP contribution in [-0.2, 0) is 11.3 Å². The summed E-state index contributed by atoms with van der Waals surface area (Å²) in [6, 6.07) is 5.91. The van der Waals surface area contributed by atoms with Crippen molar-refractivity contribution in [3.8, 4) is 0 Å². The third kappa shape index (κ3) is 3.07. The summed E-state index contributed by atoms with van der Waals surface area (Å²) in [4.78, 5) is 13.2. The second kappa shape index (κ2) is 5.48. The average Bonchev–Trinajstić information content (AvgIpc) is 2.31. The van der Waals surface area contributed by atoms with E-state index in [1.165, 1.54) is 12.1 Å². The number of carbonyl (C=O) groups is 1. The Balaban J connectivity index is 2.09. The fourth-order valence-corrected chi connectivity index (χ4v) is 2.51. The van der Waals surface area contributed by atoms with Crippen molar-refractivity contribution in [1.82, 2.24) is 4.90 Å². The van der Waals surface area contributed by atoms with Gasteiger partial charge in [0.15, 0.2) is 0 Å². The van der Waals surface area contributed by atoms with E-state index in [2.05, 4.69) is 6.92 Å². The average molecular weight is 251 g/mol. The SMILES string of the molecule is CC1CCN(Cc2cccc(F)c2)C(C(=O)O)C1. The maximum atomic E-state index is 13.1. The molecule has 0 bridgehead atoms. The van der Waals surface area contributed by atoms with Crippen molar-refractivity contribution >= 4 is 5.97 Å². The summed E-state index contributed by atoms with van der Waals surface area (Å²) in [5.41, 5.74) is 0.829. The Labute approximate surface area is 106 Å². The lowest BCUT2D eigenvalue weighted by molar-refractivity contribution is -0.145. The van der Waals surface area contributed by atoms with Crippen LogP contribution in [0.4, 0.5) is 4.39 Å². The van der Waals surface area contributed by atoms with E-state index in [4.69, 9.17) is 0 Å². The molecule has 1 aromatic rings. The number of hydrogen-bond acceptors (Lipinski definition) is 2. The van der Waals surface area contributed by atoms with E-state index in [9.17, 15) is 14.3 Å². The monoisotopic (exact) mass is 251 g/mol. The molecular formula is C14H18FNO2. The van der Waals surface area contributed by atoms with Crippen LogP contribution >= 0.6 is 0 Å². The molecule has 1 saturated heterocycles. The van der Waals surface area contributed by atoms with Gasteiger partial charge in [-0.3, -0.25) is 9.69 Å². The van der Waals surface area contributed by atoms with Gasteiger partial charge in [0.05, 0.1) is 0 Å². The van der Waals surface area contributed by atoms with E-state index >= 15 is 0 Å². The highest BCUT2D eigenvalue weighted by atomic mass is 19.1. The fourth-order valence-electron chi connectivity index (χ4n) is 2.51. The Hall–Kier alpha value is -1.42. The van der Waals surface area contributed by atoms with Gasteiger partial charge in [0.1, 0.15) is 11.9 Å². The maximum Gasteiger partial charge on any atom is 0.320 e. The zero-order valence-corrected chi connectivity index (χ0v) is 10.5. The quantitative estimate of drug-likeness (QED) is 0.897. The molecule has 18 heavy (non-hydrogen) atoms. The number of carboxylic acid groups (broad SMARTS) is 1. The van der Waals surface area contributed by atoms with Gasteiger partial charge in [-0.2, -0.15) is 0 Å². The second-order valence-corrected chi connectivity index (χ2v) is 5.08. The molecule has 2 atom stereocenters. The van der Waals surface area contributed by atoms with Crippen LogP contribution < -0.4 is 0 Å². The Morgan fingerprint density at radius 1 is 1.56 bits per heavy atom. The highest BCUT2D eigenvalue weighted by molar-refractivity contribution is 5.73. The zero-order chi connectivity index (χ0) is 13.1. The molecule has 0 amide bonds. The van der Waals surface area contributed by atoms with Gasteiger partial charge in [0.25, 0.3) is 0 Å². The summed E-state index contributed by atoms with van der Waals surface area (Å²) < 4.78 is 13.1. The van der Waals surface area contributed by atoms with Crippen LogP contribution in [0, 0.1) is 11.7 Å². The Morgan fingerprint density at radius 2 is 2.33 bits per heavy atom. The van der Waals surface area contributed by atoms with Gasteiger partial charge in [0.2, 0.25) is 0 Å². The molecule has 0 radical (unpaired) electrons. The Bertz CT molecular complexity index is 436.